The Morgan fingerprint density at radius 3 is 2.55 bits per heavy atom. The van der Waals surface area contributed by atoms with Gasteiger partial charge in [0.25, 0.3) is 0 Å². The molecule has 4 heterocycles. The molecule has 0 saturated carbocycles. The summed E-state index contributed by atoms with van der Waals surface area (Å²) in [6, 6.07) is 16.6. The zero-order valence-corrected chi connectivity index (χ0v) is 28.1. The van der Waals surface area contributed by atoms with Crippen LogP contribution in [0.2, 0.25) is 5.02 Å². The van der Waals surface area contributed by atoms with Crippen LogP contribution in [0.1, 0.15) is 53.3 Å². The van der Waals surface area contributed by atoms with E-state index in [1.807, 2.05) is 64.3 Å². The number of primary amides is 1. The molecule has 49 heavy (non-hydrogen) atoms. The van der Waals surface area contributed by atoms with E-state index in [2.05, 4.69) is 27.3 Å². The van der Waals surface area contributed by atoms with Gasteiger partial charge in [0.15, 0.2) is 0 Å². The van der Waals surface area contributed by atoms with E-state index in [0.29, 0.717) is 49.9 Å². The molecule has 1 unspecified atom stereocenters. The van der Waals surface area contributed by atoms with Crippen molar-refractivity contribution in [3.8, 4) is 0 Å². The second kappa shape index (κ2) is 14.4. The molecule has 11 nitrogen and oxygen atoms in total. The Morgan fingerprint density at radius 1 is 0.918 bits per heavy atom. The average molecular weight is 681 g/mol. The Morgan fingerprint density at radius 2 is 1.76 bits per heavy atom. The smallest absolute Gasteiger partial charge is 0.314 e. The third-order valence-corrected chi connectivity index (χ3v) is 10.4. The van der Waals surface area contributed by atoms with Gasteiger partial charge < -0.3 is 25.4 Å². The van der Waals surface area contributed by atoms with Gasteiger partial charge in [0.1, 0.15) is 6.04 Å². The zero-order valence-electron chi connectivity index (χ0n) is 27.4. The molecule has 4 amide bonds. The van der Waals surface area contributed by atoms with Crippen molar-refractivity contribution in [2.45, 2.75) is 50.7 Å². The molecule has 0 radical (unpaired) electrons. The molecular weight excluding hydrogens is 640 g/mol. The number of hydrogen-bond donors (Lipinski definition) is 2. The molecule has 3 aliphatic rings. The molecule has 2 aromatic heterocycles. The number of piperazine rings is 1. The standard InChI is InChI=1S/C37H41ClN8O3/c38-29-8-9-31-28(21-29)7-6-27-4-2-12-41-34(27)35(31)46-18-17-45(33(47)20-25-10-14-44(15-11-25)37(39)49)23-32(46)36(48)42-30-5-1-3-26(19-30)22-43-16-13-40-24-43/h1-5,8-9,12-13,16,19,21,24-25,32,35H,6-7,10-11,14-15,17-18,20,22-23H2,(H2,39,49)(H,42,48)/t32?,35-/m1/s1. The normalized spacial score (nSPS) is 19.9. The fraction of sp³-hybridized carbons (Fsp3) is 0.378. The van der Waals surface area contributed by atoms with Crippen molar-refractivity contribution in [2.24, 2.45) is 11.7 Å². The van der Waals surface area contributed by atoms with Crippen molar-refractivity contribution in [3.05, 3.63) is 112 Å². The number of carbonyl (C=O) groups excluding carboxylic acids is 3. The number of anilines is 1. The number of fused-ring (bicyclic) bond motifs is 2. The van der Waals surface area contributed by atoms with E-state index < -0.39 is 12.1 Å². The highest BCUT2D eigenvalue weighted by atomic mass is 35.5. The van der Waals surface area contributed by atoms with E-state index in [0.717, 1.165) is 53.6 Å². The monoisotopic (exact) mass is 680 g/mol. The highest BCUT2D eigenvalue weighted by Crippen LogP contribution is 2.39. The van der Waals surface area contributed by atoms with Crippen LogP contribution in [0, 0.1) is 5.92 Å². The van der Waals surface area contributed by atoms with Crippen LogP contribution in [0.3, 0.4) is 0 Å². The Hall–Kier alpha value is -4.74. The Balaban J connectivity index is 1.18. The lowest BCUT2D eigenvalue weighted by atomic mass is 9.92. The van der Waals surface area contributed by atoms with Gasteiger partial charge in [-0.15, -0.1) is 0 Å². The fourth-order valence-electron chi connectivity index (χ4n) is 7.58. The zero-order chi connectivity index (χ0) is 33.9. The van der Waals surface area contributed by atoms with Gasteiger partial charge in [-0.25, -0.2) is 9.78 Å². The largest absolute Gasteiger partial charge is 0.351 e. The van der Waals surface area contributed by atoms with Gasteiger partial charge in [0.05, 0.1) is 18.1 Å². The third-order valence-electron chi connectivity index (χ3n) is 10.2. The summed E-state index contributed by atoms with van der Waals surface area (Å²) < 4.78 is 1.98. The van der Waals surface area contributed by atoms with E-state index in [1.165, 1.54) is 0 Å². The van der Waals surface area contributed by atoms with Crippen LogP contribution in [-0.4, -0.2) is 85.8 Å². The summed E-state index contributed by atoms with van der Waals surface area (Å²) in [6.07, 6.45) is 10.7. The van der Waals surface area contributed by atoms with Crippen LogP contribution in [0.4, 0.5) is 10.5 Å². The molecule has 254 valence electrons. The molecule has 2 saturated heterocycles. The van der Waals surface area contributed by atoms with Crippen molar-refractivity contribution < 1.29 is 14.4 Å². The molecule has 1 aliphatic carbocycles. The highest BCUT2D eigenvalue weighted by Gasteiger charge is 2.42. The van der Waals surface area contributed by atoms with Crippen LogP contribution in [0.15, 0.2) is 79.5 Å². The first-order valence-corrected chi connectivity index (χ1v) is 17.4. The van der Waals surface area contributed by atoms with Gasteiger partial charge in [0.2, 0.25) is 11.8 Å². The topological polar surface area (TPSA) is 130 Å². The summed E-state index contributed by atoms with van der Waals surface area (Å²) in [5.41, 5.74) is 11.5. The van der Waals surface area contributed by atoms with Gasteiger partial charge in [0, 0.05) is 75.0 Å². The maximum atomic E-state index is 14.5. The summed E-state index contributed by atoms with van der Waals surface area (Å²) >= 11 is 6.49. The molecular formula is C37H41ClN8O3. The van der Waals surface area contributed by atoms with Crippen LogP contribution in [0.5, 0.6) is 0 Å². The van der Waals surface area contributed by atoms with E-state index in [-0.39, 0.29) is 30.3 Å². The second-order valence-corrected chi connectivity index (χ2v) is 13.7. The van der Waals surface area contributed by atoms with Crippen LogP contribution in [0.25, 0.3) is 0 Å². The Kier molecular flexibility index (Phi) is 9.63. The number of carbonyl (C=O) groups is 3. The lowest BCUT2D eigenvalue weighted by molar-refractivity contribution is -0.138. The summed E-state index contributed by atoms with van der Waals surface area (Å²) in [6.45, 7) is 2.98. The predicted molar refractivity (Wildman–Crippen MR) is 187 cm³/mol. The number of nitrogens with one attached hydrogen (secondary N) is 1. The number of imidazole rings is 1. The number of piperidine rings is 1. The van der Waals surface area contributed by atoms with E-state index in [9.17, 15) is 14.4 Å². The minimum Gasteiger partial charge on any atom is -0.351 e. The van der Waals surface area contributed by atoms with E-state index >= 15 is 0 Å². The molecule has 2 aromatic carbocycles. The van der Waals surface area contributed by atoms with E-state index in [4.69, 9.17) is 22.3 Å². The molecule has 2 aliphatic heterocycles. The number of urea groups is 1. The van der Waals surface area contributed by atoms with Crippen LogP contribution in [-0.2, 0) is 29.0 Å². The van der Waals surface area contributed by atoms with Gasteiger partial charge in [-0.1, -0.05) is 35.9 Å². The highest BCUT2D eigenvalue weighted by molar-refractivity contribution is 6.30. The van der Waals surface area contributed by atoms with Crippen molar-refractivity contribution in [1.82, 2.24) is 29.2 Å². The molecule has 3 N–H and O–H groups in total. The molecule has 12 heteroatoms. The summed E-state index contributed by atoms with van der Waals surface area (Å²) in [4.78, 5) is 54.6. The first-order valence-electron chi connectivity index (χ1n) is 17.0. The lowest BCUT2D eigenvalue weighted by Crippen LogP contribution is -2.60. The number of aromatic nitrogens is 3. The van der Waals surface area contributed by atoms with Crippen molar-refractivity contribution in [2.75, 3.05) is 38.0 Å². The molecule has 2 atom stereocenters. The summed E-state index contributed by atoms with van der Waals surface area (Å²) in [5.74, 6) is 0.0226. The quantitative estimate of drug-likeness (QED) is 0.296. The number of nitrogens with two attached hydrogens (primary N) is 1. The first-order chi connectivity index (χ1) is 23.8. The number of amides is 4. The van der Waals surface area contributed by atoms with Gasteiger partial charge >= 0.3 is 6.03 Å². The van der Waals surface area contributed by atoms with Crippen molar-refractivity contribution in [1.29, 1.82) is 0 Å². The first kappa shape index (κ1) is 32.8. The number of pyridine rings is 1. The number of likely N-dealkylation sites (tertiary alicyclic amines) is 1. The summed E-state index contributed by atoms with van der Waals surface area (Å²) in [5, 5.41) is 3.87. The number of hydrogen-bond acceptors (Lipinski definition) is 6. The number of halogens is 1. The van der Waals surface area contributed by atoms with Gasteiger partial charge in [-0.3, -0.25) is 19.5 Å². The van der Waals surface area contributed by atoms with Crippen molar-refractivity contribution >= 4 is 35.1 Å². The van der Waals surface area contributed by atoms with Gasteiger partial charge in [-0.05, 0) is 84.2 Å². The predicted octanol–water partition coefficient (Wildman–Crippen LogP) is 4.50. The molecule has 4 aromatic rings. The average Bonchev–Trinajstić information content (AvgIpc) is 3.56. The van der Waals surface area contributed by atoms with Crippen molar-refractivity contribution in [3.63, 3.8) is 0 Å². The van der Waals surface area contributed by atoms with Gasteiger partial charge in [-0.2, -0.15) is 0 Å². The lowest BCUT2D eigenvalue weighted by Gasteiger charge is -2.45. The maximum Gasteiger partial charge on any atom is 0.314 e. The minimum atomic E-state index is -0.645. The van der Waals surface area contributed by atoms with Crippen LogP contribution >= 0.6 is 11.6 Å². The number of aryl methyl sites for hydroxylation is 2. The maximum absolute atomic E-state index is 14.5. The second-order valence-electron chi connectivity index (χ2n) is 13.3. The van der Waals surface area contributed by atoms with Crippen LogP contribution < -0.4 is 11.1 Å². The van der Waals surface area contributed by atoms with E-state index in [1.54, 1.807) is 17.4 Å². The molecule has 2 fully saturated rings. The molecule has 0 bridgehead atoms. The third kappa shape index (κ3) is 7.33. The number of nitrogens with zero attached hydrogens (tertiary/aromatic N) is 6. The molecule has 0 spiro atoms. The number of benzene rings is 2. The summed E-state index contributed by atoms with van der Waals surface area (Å²) in [7, 11) is 0. The fourth-order valence-corrected chi connectivity index (χ4v) is 7.78. The Bertz CT molecular complexity index is 1820. The molecule has 7 rings (SSSR count). The Labute approximate surface area is 291 Å². The number of rotatable bonds is 7. The minimum absolute atomic E-state index is 0.0314. The SMILES string of the molecule is NC(=O)N1CCC(CC(=O)N2CCN([C@@H]3c4ccc(Cl)cc4CCc4cccnc43)C(C(=O)Nc3cccc(Cn4ccnc4)c3)C2)CC1.